The summed E-state index contributed by atoms with van der Waals surface area (Å²) in [5.74, 6) is -0.312. The second-order valence-corrected chi connectivity index (χ2v) is 5.39. The number of hydrogen-bond acceptors (Lipinski definition) is 4. The lowest BCUT2D eigenvalue weighted by molar-refractivity contribution is -0.134. The first-order valence-corrected chi connectivity index (χ1v) is 7.47. The fourth-order valence-corrected chi connectivity index (χ4v) is 2.60. The van der Waals surface area contributed by atoms with E-state index in [0.717, 1.165) is 32.5 Å². The summed E-state index contributed by atoms with van der Waals surface area (Å²) in [6, 6.07) is 1.27. The van der Waals surface area contributed by atoms with Crippen LogP contribution in [-0.2, 0) is 4.79 Å². The zero-order valence-corrected chi connectivity index (χ0v) is 13.8. The molecule has 1 saturated heterocycles. The quantitative estimate of drug-likeness (QED) is 0.827. The van der Waals surface area contributed by atoms with Gasteiger partial charge >= 0.3 is 0 Å². The minimum absolute atomic E-state index is 0. The fourth-order valence-electron chi connectivity index (χ4n) is 2.60. The Morgan fingerprint density at radius 3 is 2.86 bits per heavy atom. The van der Waals surface area contributed by atoms with Crippen molar-refractivity contribution < 1.29 is 14.0 Å². The smallest absolute Gasteiger partial charge is 0.255 e. The van der Waals surface area contributed by atoms with Crippen molar-refractivity contribution >= 4 is 24.2 Å². The Morgan fingerprint density at radius 2 is 2.32 bits per heavy atom. The Morgan fingerprint density at radius 1 is 1.55 bits per heavy atom. The highest BCUT2D eigenvalue weighted by Crippen LogP contribution is 2.11. The third-order valence-corrected chi connectivity index (χ3v) is 3.72. The topological polar surface area (TPSA) is 74.6 Å². The molecule has 1 fully saturated rings. The van der Waals surface area contributed by atoms with Crippen LogP contribution in [0.2, 0.25) is 0 Å². The molecule has 2 rings (SSSR count). The Kier molecular flexibility index (Phi) is 7.41. The first kappa shape index (κ1) is 18.5. The van der Waals surface area contributed by atoms with Gasteiger partial charge in [0.15, 0.2) is 0 Å². The van der Waals surface area contributed by atoms with Crippen LogP contribution in [0.25, 0.3) is 0 Å². The van der Waals surface area contributed by atoms with E-state index in [9.17, 15) is 9.59 Å². The van der Waals surface area contributed by atoms with Crippen LogP contribution in [0, 0.1) is 0 Å². The summed E-state index contributed by atoms with van der Waals surface area (Å²) in [7, 11) is 0. The van der Waals surface area contributed by atoms with Gasteiger partial charge in [-0.3, -0.25) is 9.59 Å². The summed E-state index contributed by atoms with van der Waals surface area (Å²) in [6.07, 6.45) is 4.69. The lowest BCUT2D eigenvalue weighted by Crippen LogP contribution is -2.51. The van der Waals surface area contributed by atoms with Gasteiger partial charge in [-0.1, -0.05) is 6.92 Å². The molecule has 22 heavy (non-hydrogen) atoms. The number of rotatable bonds is 6. The van der Waals surface area contributed by atoms with Gasteiger partial charge in [-0.15, -0.1) is 12.4 Å². The van der Waals surface area contributed by atoms with Crippen molar-refractivity contribution in [1.29, 1.82) is 0 Å². The molecule has 0 aliphatic carbocycles. The predicted molar refractivity (Wildman–Crippen MR) is 86.2 cm³/mol. The monoisotopic (exact) mass is 329 g/mol. The molecule has 1 aromatic rings. The molecule has 2 N–H and O–H groups in total. The van der Waals surface area contributed by atoms with E-state index >= 15 is 0 Å². The van der Waals surface area contributed by atoms with Crippen LogP contribution in [0.3, 0.4) is 0 Å². The molecule has 0 aromatic carbocycles. The van der Waals surface area contributed by atoms with Crippen LogP contribution in [0.4, 0.5) is 0 Å². The molecule has 1 aliphatic heterocycles. The standard InChI is InChI=1S/C15H23N3O3.ClH/c1-3-7-18(13-4-6-16-9-13)15(20)11(2)17-14(19)12-5-8-21-10-12;/h5,8,10-11,13,16H,3-4,6-7,9H2,1-2H3,(H,17,19);1H. The van der Waals surface area contributed by atoms with Crippen LogP contribution in [0.15, 0.2) is 23.0 Å². The highest BCUT2D eigenvalue weighted by molar-refractivity contribution is 5.97. The number of hydrogen-bond donors (Lipinski definition) is 2. The van der Waals surface area contributed by atoms with Crippen molar-refractivity contribution in [2.75, 3.05) is 19.6 Å². The number of carbonyl (C=O) groups is 2. The highest BCUT2D eigenvalue weighted by atomic mass is 35.5. The molecular formula is C15H24ClN3O3. The van der Waals surface area contributed by atoms with Crippen LogP contribution in [0.5, 0.6) is 0 Å². The second kappa shape index (κ2) is 8.80. The van der Waals surface area contributed by atoms with Crippen LogP contribution < -0.4 is 10.6 Å². The molecule has 2 amide bonds. The highest BCUT2D eigenvalue weighted by Gasteiger charge is 2.29. The normalized spacial score (nSPS) is 18.4. The summed E-state index contributed by atoms with van der Waals surface area (Å²) < 4.78 is 4.88. The lowest BCUT2D eigenvalue weighted by Gasteiger charge is -2.31. The molecule has 7 heteroatoms. The molecule has 124 valence electrons. The molecule has 0 saturated carbocycles. The molecular weight excluding hydrogens is 306 g/mol. The third-order valence-electron chi connectivity index (χ3n) is 3.72. The Labute approximate surface area is 137 Å². The van der Waals surface area contributed by atoms with Crippen molar-refractivity contribution in [1.82, 2.24) is 15.5 Å². The number of halogens is 1. The number of furan rings is 1. The minimum atomic E-state index is -0.542. The number of amides is 2. The van der Waals surface area contributed by atoms with Gasteiger partial charge in [-0.25, -0.2) is 0 Å². The van der Waals surface area contributed by atoms with Gasteiger partial charge in [0, 0.05) is 19.1 Å². The summed E-state index contributed by atoms with van der Waals surface area (Å²) in [5, 5.41) is 6.01. The first-order valence-electron chi connectivity index (χ1n) is 7.47. The predicted octanol–water partition coefficient (Wildman–Crippen LogP) is 1.42. The van der Waals surface area contributed by atoms with E-state index in [4.69, 9.17) is 4.42 Å². The maximum Gasteiger partial charge on any atom is 0.255 e. The lowest BCUT2D eigenvalue weighted by atomic mass is 10.1. The van der Waals surface area contributed by atoms with Crippen molar-refractivity contribution in [3.8, 4) is 0 Å². The van der Waals surface area contributed by atoms with E-state index in [2.05, 4.69) is 17.6 Å². The van der Waals surface area contributed by atoms with Gasteiger partial charge in [-0.2, -0.15) is 0 Å². The summed E-state index contributed by atoms with van der Waals surface area (Å²) in [5.41, 5.74) is 0.430. The van der Waals surface area contributed by atoms with Gasteiger partial charge in [0.2, 0.25) is 5.91 Å². The Balaban J connectivity index is 0.00000242. The van der Waals surface area contributed by atoms with Gasteiger partial charge < -0.3 is 20.0 Å². The van der Waals surface area contributed by atoms with Crippen molar-refractivity contribution in [2.45, 2.75) is 38.8 Å². The third kappa shape index (κ3) is 4.48. The average molecular weight is 330 g/mol. The minimum Gasteiger partial charge on any atom is -0.472 e. The van der Waals surface area contributed by atoms with E-state index < -0.39 is 6.04 Å². The molecule has 2 atom stereocenters. The van der Waals surface area contributed by atoms with E-state index in [1.54, 1.807) is 13.0 Å². The maximum atomic E-state index is 12.6. The first-order chi connectivity index (χ1) is 10.1. The van der Waals surface area contributed by atoms with Gasteiger partial charge in [0.05, 0.1) is 11.8 Å². The SMILES string of the molecule is CCCN(C(=O)C(C)NC(=O)c1ccoc1)C1CCNC1.Cl. The molecule has 0 bridgehead atoms. The molecule has 1 aliphatic rings. The zero-order chi connectivity index (χ0) is 15.2. The Hall–Kier alpha value is -1.53. The summed E-state index contributed by atoms with van der Waals surface area (Å²) in [4.78, 5) is 26.4. The van der Waals surface area contributed by atoms with Crippen LogP contribution in [-0.4, -0.2) is 48.4 Å². The molecule has 0 radical (unpaired) electrons. The maximum absolute atomic E-state index is 12.6. The molecule has 6 nitrogen and oxygen atoms in total. The van der Waals surface area contributed by atoms with Gasteiger partial charge in [0.25, 0.3) is 5.91 Å². The van der Waals surface area contributed by atoms with E-state index in [-0.39, 0.29) is 30.3 Å². The average Bonchev–Trinajstić information content (AvgIpc) is 3.16. The van der Waals surface area contributed by atoms with Crippen molar-refractivity contribution in [3.05, 3.63) is 24.2 Å². The summed E-state index contributed by atoms with van der Waals surface area (Å²) in [6.45, 7) is 6.27. The van der Waals surface area contributed by atoms with Crippen LogP contribution in [0.1, 0.15) is 37.0 Å². The van der Waals surface area contributed by atoms with Crippen LogP contribution >= 0.6 is 12.4 Å². The van der Waals surface area contributed by atoms with Crippen molar-refractivity contribution in [3.63, 3.8) is 0 Å². The number of nitrogens with zero attached hydrogens (tertiary/aromatic N) is 1. The Bertz CT molecular complexity index is 472. The molecule has 2 unspecified atom stereocenters. The summed E-state index contributed by atoms with van der Waals surface area (Å²) >= 11 is 0. The van der Waals surface area contributed by atoms with Crippen molar-refractivity contribution in [2.24, 2.45) is 0 Å². The van der Waals surface area contributed by atoms with Gasteiger partial charge in [-0.05, 0) is 32.4 Å². The number of nitrogens with one attached hydrogen (secondary N) is 2. The zero-order valence-electron chi connectivity index (χ0n) is 13.0. The molecule has 0 spiro atoms. The largest absolute Gasteiger partial charge is 0.472 e. The number of carbonyl (C=O) groups excluding carboxylic acids is 2. The van der Waals surface area contributed by atoms with E-state index in [1.165, 1.54) is 12.5 Å². The second-order valence-electron chi connectivity index (χ2n) is 5.39. The molecule has 1 aromatic heterocycles. The fraction of sp³-hybridized carbons (Fsp3) is 0.600. The van der Waals surface area contributed by atoms with Gasteiger partial charge in [0.1, 0.15) is 12.3 Å². The van der Waals surface area contributed by atoms with E-state index in [0.29, 0.717) is 5.56 Å². The van der Waals surface area contributed by atoms with E-state index in [1.807, 2.05) is 4.90 Å². The molecule has 2 heterocycles.